The van der Waals surface area contributed by atoms with Gasteiger partial charge in [0.2, 0.25) is 0 Å². The molecule has 5 rings (SSSR count). The summed E-state index contributed by atoms with van der Waals surface area (Å²) in [5.74, 6) is 1.79. The number of carbonyl (C=O) groups excluding carboxylic acids is 1. The van der Waals surface area contributed by atoms with Gasteiger partial charge in [0.15, 0.2) is 0 Å². The lowest BCUT2D eigenvalue weighted by molar-refractivity contribution is -0.384. The summed E-state index contributed by atoms with van der Waals surface area (Å²) in [4.78, 5) is 39.4. The maximum absolute atomic E-state index is 12.8. The highest BCUT2D eigenvalue weighted by molar-refractivity contribution is 7.18. The normalized spacial score (nSPS) is 13.7. The second-order valence-electron chi connectivity index (χ2n) is 9.12. The van der Waals surface area contributed by atoms with Crippen LogP contribution >= 0.6 is 11.3 Å². The summed E-state index contributed by atoms with van der Waals surface area (Å²) in [6.45, 7) is 6.66. The van der Waals surface area contributed by atoms with Crippen molar-refractivity contribution in [1.29, 1.82) is 0 Å². The number of amides is 2. The number of aromatic nitrogens is 2. The maximum atomic E-state index is 12.8. The summed E-state index contributed by atoms with van der Waals surface area (Å²) in [7, 11) is 0. The summed E-state index contributed by atoms with van der Waals surface area (Å²) in [6, 6.07) is 16.0. The minimum Gasteiger partial charge on any atom is -0.352 e. The van der Waals surface area contributed by atoms with E-state index in [1.54, 1.807) is 28.4 Å². The Kier molecular flexibility index (Phi) is 7.00. The Morgan fingerprint density at radius 3 is 2.38 bits per heavy atom. The van der Waals surface area contributed by atoms with Gasteiger partial charge < -0.3 is 15.1 Å². The van der Waals surface area contributed by atoms with Crippen LogP contribution in [-0.2, 0) is 12.8 Å². The zero-order chi connectivity index (χ0) is 25.9. The van der Waals surface area contributed by atoms with Gasteiger partial charge in [0.1, 0.15) is 16.5 Å². The van der Waals surface area contributed by atoms with Crippen LogP contribution in [0.3, 0.4) is 0 Å². The van der Waals surface area contributed by atoms with E-state index in [2.05, 4.69) is 36.2 Å². The topological polar surface area (TPSA) is 104 Å². The molecule has 0 saturated carbocycles. The fourth-order valence-corrected chi connectivity index (χ4v) is 5.55. The van der Waals surface area contributed by atoms with E-state index in [1.165, 1.54) is 28.1 Å². The lowest BCUT2D eigenvalue weighted by Crippen LogP contribution is -2.50. The van der Waals surface area contributed by atoms with E-state index in [1.807, 2.05) is 18.2 Å². The van der Waals surface area contributed by atoms with Crippen LogP contribution < -0.4 is 10.2 Å². The van der Waals surface area contributed by atoms with E-state index in [0.717, 1.165) is 34.7 Å². The zero-order valence-electron chi connectivity index (χ0n) is 20.8. The molecule has 1 aliphatic heterocycles. The van der Waals surface area contributed by atoms with Crippen LogP contribution in [0, 0.1) is 24.0 Å². The lowest BCUT2D eigenvalue weighted by atomic mass is 10.1. The van der Waals surface area contributed by atoms with Crippen molar-refractivity contribution in [3.8, 4) is 0 Å². The molecule has 3 heterocycles. The van der Waals surface area contributed by atoms with Crippen LogP contribution in [0.1, 0.15) is 21.8 Å². The van der Waals surface area contributed by atoms with Crippen molar-refractivity contribution in [3.05, 3.63) is 86.5 Å². The highest BCUT2D eigenvalue weighted by atomic mass is 32.1. The van der Waals surface area contributed by atoms with Crippen LogP contribution in [0.2, 0.25) is 0 Å². The second kappa shape index (κ2) is 10.5. The molecule has 2 aromatic carbocycles. The zero-order valence-corrected chi connectivity index (χ0v) is 21.6. The van der Waals surface area contributed by atoms with Gasteiger partial charge in [-0.1, -0.05) is 30.3 Å². The van der Waals surface area contributed by atoms with E-state index in [4.69, 9.17) is 9.97 Å². The molecule has 2 aromatic heterocycles. The molecule has 9 nitrogen and oxygen atoms in total. The molecule has 0 unspecified atom stereocenters. The third-order valence-electron chi connectivity index (χ3n) is 6.73. The van der Waals surface area contributed by atoms with Crippen LogP contribution in [0.15, 0.2) is 54.6 Å². The largest absolute Gasteiger partial charge is 0.352 e. The molecular formula is C27H28N6O3S. The molecule has 1 N–H and O–H groups in total. The first-order valence-corrected chi connectivity index (χ1v) is 13.1. The van der Waals surface area contributed by atoms with Crippen molar-refractivity contribution < 1.29 is 9.72 Å². The molecule has 2 amide bonds. The number of hydrogen-bond acceptors (Lipinski definition) is 7. The van der Waals surface area contributed by atoms with E-state index in [9.17, 15) is 14.9 Å². The predicted molar refractivity (Wildman–Crippen MR) is 147 cm³/mol. The number of non-ortho nitro benzene ring substituents is 1. The van der Waals surface area contributed by atoms with Crippen LogP contribution in [0.5, 0.6) is 0 Å². The predicted octanol–water partition coefficient (Wildman–Crippen LogP) is 5.36. The van der Waals surface area contributed by atoms with Gasteiger partial charge in [0.25, 0.3) is 5.69 Å². The van der Waals surface area contributed by atoms with Crippen molar-refractivity contribution in [2.24, 2.45) is 0 Å². The van der Waals surface area contributed by atoms with Crippen LogP contribution in [0.25, 0.3) is 10.2 Å². The first-order chi connectivity index (χ1) is 17.9. The first-order valence-electron chi connectivity index (χ1n) is 12.2. The quantitative estimate of drug-likeness (QED) is 0.273. The maximum Gasteiger partial charge on any atom is 0.321 e. The molecule has 10 heteroatoms. The summed E-state index contributed by atoms with van der Waals surface area (Å²) in [6.07, 6.45) is 1.65. The average molecular weight is 517 g/mol. The number of carbonyl (C=O) groups is 1. The molecule has 0 atom stereocenters. The number of thiophene rings is 1. The fourth-order valence-electron chi connectivity index (χ4n) is 4.50. The molecule has 0 radical (unpaired) electrons. The number of rotatable bonds is 6. The Labute approximate surface area is 218 Å². The highest BCUT2D eigenvalue weighted by Gasteiger charge is 2.25. The molecule has 0 aliphatic carbocycles. The minimum atomic E-state index is -0.460. The Morgan fingerprint density at radius 1 is 1.00 bits per heavy atom. The Bertz CT molecular complexity index is 1430. The van der Waals surface area contributed by atoms with Crippen molar-refractivity contribution >= 4 is 44.8 Å². The van der Waals surface area contributed by atoms with Crippen molar-refractivity contribution in [2.75, 3.05) is 36.4 Å². The number of piperazine rings is 1. The van der Waals surface area contributed by atoms with Crippen LogP contribution in [-0.4, -0.2) is 52.0 Å². The molecule has 1 fully saturated rings. The monoisotopic (exact) mass is 516 g/mol. The van der Waals surface area contributed by atoms with E-state index < -0.39 is 4.92 Å². The van der Waals surface area contributed by atoms with E-state index >= 15 is 0 Å². The summed E-state index contributed by atoms with van der Waals surface area (Å²) in [5, 5.41) is 14.8. The Morgan fingerprint density at radius 2 is 1.70 bits per heavy atom. The second-order valence-corrected chi connectivity index (χ2v) is 10.3. The van der Waals surface area contributed by atoms with Gasteiger partial charge in [-0.15, -0.1) is 11.3 Å². The van der Waals surface area contributed by atoms with Gasteiger partial charge in [0.05, 0.1) is 10.3 Å². The first kappa shape index (κ1) is 24.6. The molecule has 4 aromatic rings. The molecular weight excluding hydrogens is 488 g/mol. The molecule has 1 aliphatic rings. The number of urea groups is 1. The molecule has 37 heavy (non-hydrogen) atoms. The van der Waals surface area contributed by atoms with Gasteiger partial charge in [-0.2, -0.15) is 0 Å². The molecule has 1 saturated heterocycles. The van der Waals surface area contributed by atoms with E-state index in [0.29, 0.717) is 31.9 Å². The number of anilines is 2. The van der Waals surface area contributed by atoms with Gasteiger partial charge in [0, 0.05) is 55.3 Å². The summed E-state index contributed by atoms with van der Waals surface area (Å²) in [5.41, 5.74) is 3.00. The van der Waals surface area contributed by atoms with Crippen molar-refractivity contribution in [1.82, 2.24) is 14.9 Å². The Balaban J connectivity index is 1.29. The number of aryl methyl sites for hydroxylation is 4. The lowest BCUT2D eigenvalue weighted by Gasteiger charge is -2.35. The number of nitro groups is 1. The average Bonchev–Trinajstić information content (AvgIpc) is 3.21. The number of nitro benzene ring substituents is 1. The summed E-state index contributed by atoms with van der Waals surface area (Å²) >= 11 is 1.71. The third-order valence-corrected chi connectivity index (χ3v) is 7.83. The van der Waals surface area contributed by atoms with Crippen molar-refractivity contribution in [2.45, 2.75) is 26.7 Å². The number of fused-ring (bicyclic) bond motifs is 1. The number of nitrogens with one attached hydrogen (secondary N) is 1. The van der Waals surface area contributed by atoms with Gasteiger partial charge in [-0.05, 0) is 43.5 Å². The van der Waals surface area contributed by atoms with Gasteiger partial charge >= 0.3 is 6.03 Å². The van der Waals surface area contributed by atoms with Gasteiger partial charge in [-0.25, -0.2) is 14.8 Å². The summed E-state index contributed by atoms with van der Waals surface area (Å²) < 4.78 is 0. The fraction of sp³-hybridized carbons (Fsp3) is 0.296. The molecule has 0 bridgehead atoms. The minimum absolute atomic E-state index is 0.00937. The molecule has 0 spiro atoms. The smallest absolute Gasteiger partial charge is 0.321 e. The number of nitrogens with zero attached hydrogens (tertiary/aromatic N) is 5. The van der Waals surface area contributed by atoms with E-state index in [-0.39, 0.29) is 11.7 Å². The number of hydrogen-bond donors (Lipinski definition) is 1. The standard InChI is InChI=1S/C27H28N6O3S/c1-18-19(2)37-26-24(18)25(29-23(30-26)13-8-20-6-4-3-5-7-20)31-14-16-32(17-15-31)27(34)28-21-9-11-22(12-10-21)33(35)36/h3-7,9-12H,8,13-17H2,1-2H3,(H,28,34). The number of benzene rings is 2. The SMILES string of the molecule is Cc1sc2nc(CCc3ccccc3)nc(N3CCN(C(=O)Nc4ccc([N+](=O)[O-])cc4)CC3)c2c1C. The molecule has 190 valence electrons. The third kappa shape index (κ3) is 5.39. The van der Waals surface area contributed by atoms with Crippen molar-refractivity contribution in [3.63, 3.8) is 0 Å². The highest BCUT2D eigenvalue weighted by Crippen LogP contribution is 2.35. The van der Waals surface area contributed by atoms with Gasteiger partial charge in [-0.3, -0.25) is 10.1 Å². The van der Waals surface area contributed by atoms with Crippen LogP contribution in [0.4, 0.5) is 22.0 Å². The Hall–Kier alpha value is -4.05.